The van der Waals surface area contributed by atoms with Crippen LogP contribution in [0.15, 0.2) is 24.5 Å². The monoisotopic (exact) mass is 233 g/mol. The third-order valence-electron chi connectivity index (χ3n) is 2.76. The van der Waals surface area contributed by atoms with Gasteiger partial charge in [0, 0.05) is 24.2 Å². The number of anilines is 1. The third-order valence-corrected chi connectivity index (χ3v) is 2.76. The Kier molecular flexibility index (Phi) is 3.69. The predicted molar refractivity (Wildman–Crippen MR) is 63.9 cm³/mol. The Morgan fingerprint density at radius 3 is 2.88 bits per heavy atom. The summed E-state index contributed by atoms with van der Waals surface area (Å²) < 4.78 is 0. The first kappa shape index (κ1) is 11.6. The van der Waals surface area contributed by atoms with Gasteiger partial charge in [-0.2, -0.15) is 0 Å². The molecule has 0 bridgehead atoms. The maximum atomic E-state index is 10.4. The molecule has 1 aliphatic carbocycles. The molecule has 17 heavy (non-hydrogen) atoms. The molecule has 0 saturated heterocycles. The van der Waals surface area contributed by atoms with Crippen molar-refractivity contribution in [1.82, 2.24) is 9.97 Å². The van der Waals surface area contributed by atoms with Gasteiger partial charge in [-0.15, -0.1) is 0 Å². The van der Waals surface area contributed by atoms with Crippen molar-refractivity contribution in [3.8, 4) is 0 Å². The van der Waals surface area contributed by atoms with E-state index < -0.39 is 5.97 Å². The van der Waals surface area contributed by atoms with Crippen molar-refractivity contribution >= 4 is 11.8 Å². The summed E-state index contributed by atoms with van der Waals surface area (Å²) in [5, 5.41) is 11.5. The molecule has 0 fully saturated rings. The van der Waals surface area contributed by atoms with Gasteiger partial charge in [-0.1, -0.05) is 12.2 Å². The van der Waals surface area contributed by atoms with Gasteiger partial charge >= 0.3 is 5.97 Å². The fourth-order valence-corrected chi connectivity index (χ4v) is 1.85. The molecule has 1 aromatic heterocycles. The van der Waals surface area contributed by atoms with Crippen molar-refractivity contribution in [2.45, 2.75) is 25.2 Å². The Balaban J connectivity index is 1.94. The molecule has 0 amide bonds. The Morgan fingerprint density at radius 2 is 2.18 bits per heavy atom. The molecule has 0 unspecified atom stereocenters. The SMILES string of the molecule is O=C(O)CCNc1cc(C2CC=CC2)ncn1. The van der Waals surface area contributed by atoms with Crippen LogP contribution in [-0.2, 0) is 4.79 Å². The largest absolute Gasteiger partial charge is 0.481 e. The molecule has 5 heteroatoms. The smallest absolute Gasteiger partial charge is 0.305 e. The first-order chi connectivity index (χ1) is 8.25. The number of nitrogens with zero attached hydrogens (tertiary/aromatic N) is 2. The second kappa shape index (κ2) is 5.43. The van der Waals surface area contributed by atoms with E-state index in [1.807, 2.05) is 6.07 Å². The summed E-state index contributed by atoms with van der Waals surface area (Å²) in [6, 6.07) is 1.90. The molecule has 0 atom stereocenters. The average molecular weight is 233 g/mol. The summed E-state index contributed by atoms with van der Waals surface area (Å²) in [6.07, 6.45) is 7.97. The Hall–Kier alpha value is -1.91. The summed E-state index contributed by atoms with van der Waals surface area (Å²) >= 11 is 0. The van der Waals surface area contributed by atoms with E-state index in [2.05, 4.69) is 27.4 Å². The highest BCUT2D eigenvalue weighted by Gasteiger charge is 2.14. The van der Waals surface area contributed by atoms with Crippen LogP contribution in [0, 0.1) is 0 Å². The van der Waals surface area contributed by atoms with Crippen molar-refractivity contribution < 1.29 is 9.90 Å². The first-order valence-electron chi connectivity index (χ1n) is 5.68. The van der Waals surface area contributed by atoms with Gasteiger partial charge in [-0.25, -0.2) is 9.97 Å². The minimum Gasteiger partial charge on any atom is -0.481 e. The number of hydrogen-bond donors (Lipinski definition) is 2. The van der Waals surface area contributed by atoms with E-state index in [-0.39, 0.29) is 6.42 Å². The van der Waals surface area contributed by atoms with Crippen LogP contribution in [0.2, 0.25) is 0 Å². The molecule has 2 N–H and O–H groups in total. The number of rotatable bonds is 5. The van der Waals surface area contributed by atoms with Gasteiger partial charge in [-0.05, 0) is 12.8 Å². The van der Waals surface area contributed by atoms with E-state index in [1.54, 1.807) is 0 Å². The van der Waals surface area contributed by atoms with E-state index in [9.17, 15) is 4.79 Å². The van der Waals surface area contributed by atoms with Crippen LogP contribution in [0.1, 0.15) is 30.9 Å². The number of carboxylic acids is 1. The van der Waals surface area contributed by atoms with Crippen LogP contribution in [0.5, 0.6) is 0 Å². The van der Waals surface area contributed by atoms with Crippen molar-refractivity contribution in [1.29, 1.82) is 0 Å². The molecule has 0 aromatic carbocycles. The molecule has 0 radical (unpaired) electrons. The van der Waals surface area contributed by atoms with E-state index in [0.717, 1.165) is 18.5 Å². The van der Waals surface area contributed by atoms with Crippen LogP contribution in [0.25, 0.3) is 0 Å². The molecule has 0 aliphatic heterocycles. The van der Waals surface area contributed by atoms with Crippen molar-refractivity contribution in [3.63, 3.8) is 0 Å². The zero-order chi connectivity index (χ0) is 12.1. The Labute approximate surface area is 99.6 Å². The number of carboxylic acid groups (broad SMARTS) is 1. The molecule has 2 rings (SSSR count). The summed E-state index contributed by atoms with van der Waals surface area (Å²) in [7, 11) is 0. The first-order valence-corrected chi connectivity index (χ1v) is 5.68. The zero-order valence-electron chi connectivity index (χ0n) is 9.47. The van der Waals surface area contributed by atoms with Gasteiger partial charge < -0.3 is 10.4 Å². The normalized spacial score (nSPS) is 15.1. The predicted octanol–water partition coefficient (Wildman–Crippen LogP) is 1.80. The molecule has 1 heterocycles. The lowest BCUT2D eigenvalue weighted by Crippen LogP contribution is -2.09. The summed E-state index contributed by atoms with van der Waals surface area (Å²) in [4.78, 5) is 18.7. The molecule has 5 nitrogen and oxygen atoms in total. The highest BCUT2D eigenvalue weighted by Crippen LogP contribution is 2.28. The van der Waals surface area contributed by atoms with Crippen LogP contribution in [0.3, 0.4) is 0 Å². The van der Waals surface area contributed by atoms with Crippen LogP contribution in [-0.4, -0.2) is 27.6 Å². The van der Waals surface area contributed by atoms with Crippen molar-refractivity contribution in [3.05, 3.63) is 30.2 Å². The number of nitrogens with one attached hydrogen (secondary N) is 1. The van der Waals surface area contributed by atoms with Gasteiger partial charge in [0.2, 0.25) is 0 Å². The van der Waals surface area contributed by atoms with E-state index in [0.29, 0.717) is 18.3 Å². The quantitative estimate of drug-likeness (QED) is 0.758. The second-order valence-electron chi connectivity index (χ2n) is 4.04. The van der Waals surface area contributed by atoms with Crippen LogP contribution < -0.4 is 5.32 Å². The van der Waals surface area contributed by atoms with Gasteiger partial charge in [0.25, 0.3) is 0 Å². The number of aliphatic carboxylic acids is 1. The topological polar surface area (TPSA) is 75.1 Å². The van der Waals surface area contributed by atoms with E-state index in [1.165, 1.54) is 6.33 Å². The average Bonchev–Trinajstić information content (AvgIpc) is 2.82. The van der Waals surface area contributed by atoms with E-state index >= 15 is 0 Å². The highest BCUT2D eigenvalue weighted by atomic mass is 16.4. The van der Waals surface area contributed by atoms with Crippen LogP contribution >= 0.6 is 0 Å². The molecular weight excluding hydrogens is 218 g/mol. The summed E-state index contributed by atoms with van der Waals surface area (Å²) in [5.74, 6) is 0.327. The van der Waals surface area contributed by atoms with Crippen LogP contribution in [0.4, 0.5) is 5.82 Å². The fraction of sp³-hybridized carbons (Fsp3) is 0.417. The minimum absolute atomic E-state index is 0.0876. The maximum Gasteiger partial charge on any atom is 0.305 e. The van der Waals surface area contributed by atoms with Crippen molar-refractivity contribution in [2.24, 2.45) is 0 Å². The molecule has 1 aliphatic rings. The minimum atomic E-state index is -0.813. The number of allylic oxidation sites excluding steroid dienone is 2. The standard InChI is InChI=1S/C12H15N3O2/c16-12(17)5-6-13-11-7-10(14-8-15-11)9-3-1-2-4-9/h1-2,7-9H,3-6H2,(H,16,17)(H,13,14,15). The third kappa shape index (κ3) is 3.27. The molecule has 90 valence electrons. The van der Waals surface area contributed by atoms with Gasteiger partial charge in [0.05, 0.1) is 6.42 Å². The number of hydrogen-bond acceptors (Lipinski definition) is 4. The lowest BCUT2D eigenvalue weighted by atomic mass is 10.0. The summed E-state index contributed by atoms with van der Waals surface area (Å²) in [6.45, 7) is 0.384. The second-order valence-corrected chi connectivity index (χ2v) is 4.04. The highest BCUT2D eigenvalue weighted by molar-refractivity contribution is 5.67. The molecule has 0 saturated carbocycles. The number of aromatic nitrogens is 2. The zero-order valence-corrected chi connectivity index (χ0v) is 9.47. The van der Waals surface area contributed by atoms with Gasteiger partial charge in [0.1, 0.15) is 12.1 Å². The Bertz CT molecular complexity index is 424. The molecular formula is C12H15N3O2. The van der Waals surface area contributed by atoms with E-state index in [4.69, 9.17) is 5.11 Å². The molecule has 0 spiro atoms. The summed E-state index contributed by atoms with van der Waals surface area (Å²) in [5.41, 5.74) is 1.02. The van der Waals surface area contributed by atoms with Crippen molar-refractivity contribution in [2.75, 3.05) is 11.9 Å². The Morgan fingerprint density at radius 1 is 1.41 bits per heavy atom. The lowest BCUT2D eigenvalue weighted by molar-refractivity contribution is -0.136. The molecule has 1 aromatic rings. The van der Waals surface area contributed by atoms with Gasteiger partial charge in [-0.3, -0.25) is 4.79 Å². The number of carbonyl (C=O) groups is 1. The van der Waals surface area contributed by atoms with Gasteiger partial charge in [0.15, 0.2) is 0 Å². The maximum absolute atomic E-state index is 10.4. The fourth-order valence-electron chi connectivity index (χ4n) is 1.85. The lowest BCUT2D eigenvalue weighted by Gasteiger charge is -2.10.